The molecule has 0 atom stereocenters. The molecule has 2 rings (SSSR count). The first-order valence-corrected chi connectivity index (χ1v) is 7.36. The predicted octanol–water partition coefficient (Wildman–Crippen LogP) is 3.08. The summed E-state index contributed by atoms with van der Waals surface area (Å²) in [5.41, 5.74) is 5.92. The Balaban J connectivity index is 2.36. The van der Waals surface area contributed by atoms with Crippen LogP contribution in [0, 0.1) is 13.8 Å². The van der Waals surface area contributed by atoms with Gasteiger partial charge >= 0.3 is 0 Å². The first-order chi connectivity index (χ1) is 9.67. The van der Waals surface area contributed by atoms with Gasteiger partial charge in [0.25, 0.3) is 0 Å². The monoisotopic (exact) mass is 272 g/mol. The summed E-state index contributed by atoms with van der Waals surface area (Å²) in [5.74, 6) is 0. The third-order valence-corrected chi connectivity index (χ3v) is 3.48. The van der Waals surface area contributed by atoms with Crippen molar-refractivity contribution in [2.24, 2.45) is 0 Å². The van der Waals surface area contributed by atoms with Gasteiger partial charge in [0.1, 0.15) is 0 Å². The van der Waals surface area contributed by atoms with Gasteiger partial charge in [-0.05, 0) is 38.4 Å². The van der Waals surface area contributed by atoms with Gasteiger partial charge in [-0.2, -0.15) is 5.10 Å². The second-order valence-corrected chi connectivity index (χ2v) is 5.13. The summed E-state index contributed by atoms with van der Waals surface area (Å²) in [6.07, 6.45) is 4.95. The molecule has 0 spiro atoms. The van der Waals surface area contributed by atoms with Crippen molar-refractivity contribution in [2.45, 2.75) is 47.2 Å². The maximum atomic E-state index is 4.64. The van der Waals surface area contributed by atoms with E-state index in [-0.39, 0.29) is 0 Å². The Labute approximate surface area is 121 Å². The standard InChI is InChI=1S/C16H24N4/c1-5-7-20-13(4)16(12(3)19-20)15-8-14(9-17-6-2)10-18-11-15/h8,10-11,17H,5-7,9H2,1-4H3. The lowest BCUT2D eigenvalue weighted by Gasteiger charge is -2.07. The average molecular weight is 272 g/mol. The number of aromatic nitrogens is 3. The van der Waals surface area contributed by atoms with Crippen LogP contribution in [0.15, 0.2) is 18.5 Å². The van der Waals surface area contributed by atoms with E-state index >= 15 is 0 Å². The van der Waals surface area contributed by atoms with E-state index in [1.807, 2.05) is 12.4 Å². The van der Waals surface area contributed by atoms with Crippen LogP contribution in [-0.4, -0.2) is 21.3 Å². The third-order valence-electron chi connectivity index (χ3n) is 3.48. The molecular formula is C16H24N4. The van der Waals surface area contributed by atoms with Crippen molar-refractivity contribution < 1.29 is 0 Å². The van der Waals surface area contributed by atoms with E-state index in [1.54, 1.807) is 0 Å². The Morgan fingerprint density at radius 1 is 1.20 bits per heavy atom. The lowest BCUT2D eigenvalue weighted by molar-refractivity contribution is 0.583. The normalized spacial score (nSPS) is 11.0. The highest BCUT2D eigenvalue weighted by molar-refractivity contribution is 5.68. The van der Waals surface area contributed by atoms with Crippen LogP contribution in [0.4, 0.5) is 0 Å². The molecule has 4 nitrogen and oxygen atoms in total. The van der Waals surface area contributed by atoms with Crippen molar-refractivity contribution in [3.05, 3.63) is 35.4 Å². The van der Waals surface area contributed by atoms with Crippen molar-refractivity contribution in [2.75, 3.05) is 6.54 Å². The van der Waals surface area contributed by atoms with Gasteiger partial charge in [0.15, 0.2) is 0 Å². The number of nitrogens with zero attached hydrogens (tertiary/aromatic N) is 3. The van der Waals surface area contributed by atoms with Crippen molar-refractivity contribution in [1.29, 1.82) is 0 Å². The molecule has 0 bridgehead atoms. The smallest absolute Gasteiger partial charge is 0.0675 e. The van der Waals surface area contributed by atoms with Gasteiger partial charge in [-0.3, -0.25) is 9.67 Å². The molecule has 2 heterocycles. The topological polar surface area (TPSA) is 42.7 Å². The minimum absolute atomic E-state index is 0.860. The molecule has 0 fully saturated rings. The molecule has 0 radical (unpaired) electrons. The third kappa shape index (κ3) is 3.07. The van der Waals surface area contributed by atoms with Gasteiger partial charge in [0, 0.05) is 42.3 Å². The fraction of sp³-hybridized carbons (Fsp3) is 0.500. The van der Waals surface area contributed by atoms with Crippen LogP contribution >= 0.6 is 0 Å². The fourth-order valence-corrected chi connectivity index (χ4v) is 2.53. The molecule has 0 aliphatic carbocycles. The summed E-state index contributed by atoms with van der Waals surface area (Å²) in [6, 6.07) is 2.21. The zero-order valence-corrected chi connectivity index (χ0v) is 12.9. The largest absolute Gasteiger partial charge is 0.313 e. The van der Waals surface area contributed by atoms with E-state index in [4.69, 9.17) is 0 Å². The maximum absolute atomic E-state index is 4.64. The van der Waals surface area contributed by atoms with Crippen molar-refractivity contribution in [1.82, 2.24) is 20.1 Å². The van der Waals surface area contributed by atoms with Gasteiger partial charge in [-0.25, -0.2) is 0 Å². The first-order valence-electron chi connectivity index (χ1n) is 7.36. The minimum atomic E-state index is 0.860. The van der Waals surface area contributed by atoms with E-state index in [1.165, 1.54) is 16.8 Å². The molecule has 0 aliphatic rings. The summed E-state index contributed by atoms with van der Waals surface area (Å²) >= 11 is 0. The van der Waals surface area contributed by atoms with Gasteiger partial charge in [0.2, 0.25) is 0 Å². The van der Waals surface area contributed by atoms with Crippen LogP contribution in [0.25, 0.3) is 11.1 Å². The Kier molecular flexibility index (Phi) is 4.90. The summed E-state index contributed by atoms with van der Waals surface area (Å²) in [7, 11) is 0. The molecule has 0 unspecified atom stereocenters. The molecule has 0 aromatic carbocycles. The SMILES string of the molecule is CCCn1nc(C)c(-c2cncc(CNCC)c2)c1C. The molecule has 0 aliphatic heterocycles. The molecule has 2 aromatic rings. The second-order valence-electron chi connectivity index (χ2n) is 5.13. The zero-order valence-electron chi connectivity index (χ0n) is 12.9. The first kappa shape index (κ1) is 14.7. The van der Waals surface area contributed by atoms with Crippen LogP contribution in [0.5, 0.6) is 0 Å². The Morgan fingerprint density at radius 2 is 2.00 bits per heavy atom. The summed E-state index contributed by atoms with van der Waals surface area (Å²) in [6.45, 7) is 11.3. The number of hydrogen-bond acceptors (Lipinski definition) is 3. The number of rotatable bonds is 6. The van der Waals surface area contributed by atoms with Gasteiger partial charge < -0.3 is 5.32 Å². The van der Waals surface area contributed by atoms with E-state index in [9.17, 15) is 0 Å². The van der Waals surface area contributed by atoms with Gasteiger partial charge in [0.05, 0.1) is 5.69 Å². The lowest BCUT2D eigenvalue weighted by atomic mass is 10.0. The van der Waals surface area contributed by atoms with Crippen molar-refractivity contribution in [3.8, 4) is 11.1 Å². The van der Waals surface area contributed by atoms with Crippen LogP contribution in [0.1, 0.15) is 37.2 Å². The average Bonchev–Trinajstić information content (AvgIpc) is 2.72. The number of hydrogen-bond donors (Lipinski definition) is 1. The van der Waals surface area contributed by atoms with Crippen LogP contribution in [0.3, 0.4) is 0 Å². The molecule has 108 valence electrons. The van der Waals surface area contributed by atoms with E-state index < -0.39 is 0 Å². The van der Waals surface area contributed by atoms with Crippen molar-refractivity contribution in [3.63, 3.8) is 0 Å². The van der Waals surface area contributed by atoms with E-state index in [2.05, 4.69) is 53.8 Å². The highest BCUT2D eigenvalue weighted by Gasteiger charge is 2.13. The predicted molar refractivity (Wildman–Crippen MR) is 82.6 cm³/mol. The van der Waals surface area contributed by atoms with Gasteiger partial charge in [-0.1, -0.05) is 13.8 Å². The molecule has 20 heavy (non-hydrogen) atoms. The van der Waals surface area contributed by atoms with E-state index in [0.29, 0.717) is 0 Å². The van der Waals surface area contributed by atoms with Crippen LogP contribution in [0.2, 0.25) is 0 Å². The second kappa shape index (κ2) is 6.66. The molecular weight excluding hydrogens is 248 g/mol. The highest BCUT2D eigenvalue weighted by atomic mass is 15.3. The summed E-state index contributed by atoms with van der Waals surface area (Å²) < 4.78 is 2.10. The van der Waals surface area contributed by atoms with Crippen LogP contribution < -0.4 is 5.32 Å². The Bertz CT molecular complexity index is 572. The summed E-state index contributed by atoms with van der Waals surface area (Å²) in [4.78, 5) is 4.37. The number of nitrogens with one attached hydrogen (secondary N) is 1. The summed E-state index contributed by atoms with van der Waals surface area (Å²) in [5, 5.41) is 7.98. The van der Waals surface area contributed by atoms with Crippen LogP contribution in [-0.2, 0) is 13.1 Å². The van der Waals surface area contributed by atoms with Crippen molar-refractivity contribution >= 4 is 0 Å². The minimum Gasteiger partial charge on any atom is -0.313 e. The quantitative estimate of drug-likeness (QED) is 0.878. The Morgan fingerprint density at radius 3 is 2.70 bits per heavy atom. The molecule has 2 aromatic heterocycles. The molecule has 0 saturated carbocycles. The number of aryl methyl sites for hydroxylation is 2. The fourth-order valence-electron chi connectivity index (χ4n) is 2.53. The zero-order chi connectivity index (χ0) is 14.5. The molecule has 0 amide bonds. The van der Waals surface area contributed by atoms with Gasteiger partial charge in [-0.15, -0.1) is 0 Å². The molecule has 4 heteroatoms. The highest BCUT2D eigenvalue weighted by Crippen LogP contribution is 2.27. The number of pyridine rings is 1. The Hall–Kier alpha value is -1.68. The lowest BCUT2D eigenvalue weighted by Crippen LogP contribution is -2.11. The molecule has 0 saturated heterocycles. The maximum Gasteiger partial charge on any atom is 0.0675 e. The molecule has 1 N–H and O–H groups in total. The van der Waals surface area contributed by atoms with E-state index in [0.717, 1.165) is 37.3 Å².